The monoisotopic (exact) mass is 409 g/mol. The number of hydrogen-bond acceptors (Lipinski definition) is 4. The Balaban J connectivity index is 1.72. The molecule has 0 spiro atoms. The first-order valence-electron chi connectivity index (χ1n) is 7.91. The SMILES string of the molecule is C[C@@H](SC1=NCC(=O)N1c1ccccc1Cl)C(=O)Nc1ccc(F)cc1F. The van der Waals surface area contributed by atoms with Crippen LogP contribution in [0.2, 0.25) is 5.02 Å². The van der Waals surface area contributed by atoms with E-state index in [4.69, 9.17) is 11.6 Å². The molecule has 0 saturated carbocycles. The molecule has 9 heteroatoms. The van der Waals surface area contributed by atoms with E-state index in [9.17, 15) is 18.4 Å². The second kappa shape index (κ2) is 8.06. The van der Waals surface area contributed by atoms with Crippen molar-refractivity contribution in [1.29, 1.82) is 0 Å². The van der Waals surface area contributed by atoms with E-state index < -0.39 is 22.8 Å². The van der Waals surface area contributed by atoms with Gasteiger partial charge in [0.25, 0.3) is 5.91 Å². The Hall–Kier alpha value is -2.45. The van der Waals surface area contributed by atoms with Gasteiger partial charge in [-0.15, -0.1) is 0 Å². The first-order valence-corrected chi connectivity index (χ1v) is 9.17. The molecule has 0 fully saturated rings. The fraction of sp³-hybridized carbons (Fsp3) is 0.167. The van der Waals surface area contributed by atoms with Crippen molar-refractivity contribution in [2.75, 3.05) is 16.8 Å². The minimum atomic E-state index is -0.869. The van der Waals surface area contributed by atoms with Crippen LogP contribution < -0.4 is 10.2 Å². The number of hydrogen-bond donors (Lipinski definition) is 1. The molecule has 0 aliphatic carbocycles. The highest BCUT2D eigenvalue weighted by Gasteiger charge is 2.31. The third kappa shape index (κ3) is 4.28. The molecule has 0 saturated heterocycles. The summed E-state index contributed by atoms with van der Waals surface area (Å²) in [4.78, 5) is 30.1. The predicted octanol–water partition coefficient (Wildman–Crippen LogP) is 4.08. The third-order valence-corrected chi connectivity index (χ3v) is 5.13. The zero-order valence-corrected chi connectivity index (χ0v) is 15.7. The van der Waals surface area contributed by atoms with Gasteiger partial charge in [-0.3, -0.25) is 19.5 Å². The average Bonchev–Trinajstić information content (AvgIpc) is 2.98. The van der Waals surface area contributed by atoms with Crippen molar-refractivity contribution >= 4 is 51.7 Å². The number of benzene rings is 2. The van der Waals surface area contributed by atoms with Gasteiger partial charge >= 0.3 is 0 Å². The van der Waals surface area contributed by atoms with Crippen molar-refractivity contribution in [3.8, 4) is 0 Å². The lowest BCUT2D eigenvalue weighted by atomic mass is 10.3. The molecule has 0 radical (unpaired) electrons. The minimum absolute atomic E-state index is 0.0471. The van der Waals surface area contributed by atoms with Gasteiger partial charge in [-0.1, -0.05) is 35.5 Å². The van der Waals surface area contributed by atoms with Gasteiger partial charge in [-0.2, -0.15) is 0 Å². The number of nitrogens with one attached hydrogen (secondary N) is 1. The fourth-order valence-corrected chi connectivity index (χ4v) is 3.53. The molecule has 1 atom stereocenters. The van der Waals surface area contributed by atoms with Gasteiger partial charge in [-0.05, 0) is 31.2 Å². The van der Waals surface area contributed by atoms with Crippen molar-refractivity contribution in [2.45, 2.75) is 12.2 Å². The number of rotatable bonds is 4. The van der Waals surface area contributed by atoms with E-state index in [1.54, 1.807) is 31.2 Å². The van der Waals surface area contributed by atoms with Crippen molar-refractivity contribution in [2.24, 2.45) is 4.99 Å². The van der Waals surface area contributed by atoms with E-state index in [1.165, 1.54) is 4.90 Å². The maximum absolute atomic E-state index is 13.7. The molecule has 1 aliphatic rings. The first-order chi connectivity index (χ1) is 12.9. The molecule has 1 N–H and O–H groups in total. The van der Waals surface area contributed by atoms with Gasteiger partial charge in [0.15, 0.2) is 5.17 Å². The molecule has 3 rings (SSSR count). The quantitative estimate of drug-likeness (QED) is 0.827. The van der Waals surface area contributed by atoms with Crippen LogP contribution in [0.3, 0.4) is 0 Å². The number of thioether (sulfide) groups is 1. The molecule has 1 aliphatic heterocycles. The lowest BCUT2D eigenvalue weighted by molar-refractivity contribution is -0.116. The summed E-state index contributed by atoms with van der Waals surface area (Å²) in [5, 5.41) is 2.42. The number of amides is 2. The van der Waals surface area contributed by atoms with Crippen molar-refractivity contribution in [1.82, 2.24) is 0 Å². The van der Waals surface area contributed by atoms with Crippen LogP contribution in [0, 0.1) is 11.6 Å². The number of aliphatic imine (C=N–C) groups is 1. The molecule has 0 aromatic heterocycles. The summed E-state index contributed by atoms with van der Waals surface area (Å²) in [6, 6.07) is 9.69. The highest BCUT2D eigenvalue weighted by molar-refractivity contribution is 8.15. The van der Waals surface area contributed by atoms with Crippen LogP contribution in [0.15, 0.2) is 47.5 Å². The fourth-order valence-electron chi connectivity index (χ4n) is 2.38. The lowest BCUT2D eigenvalue weighted by Crippen LogP contribution is -2.33. The number of carbonyl (C=O) groups is 2. The Kier molecular flexibility index (Phi) is 5.76. The van der Waals surface area contributed by atoms with Crippen LogP contribution in [-0.2, 0) is 9.59 Å². The Morgan fingerprint density at radius 3 is 2.74 bits per heavy atom. The van der Waals surface area contributed by atoms with E-state index in [0.29, 0.717) is 21.9 Å². The molecule has 0 bridgehead atoms. The number of amidine groups is 1. The van der Waals surface area contributed by atoms with Gasteiger partial charge < -0.3 is 5.32 Å². The molecule has 27 heavy (non-hydrogen) atoms. The molecule has 2 aromatic rings. The Morgan fingerprint density at radius 2 is 2.04 bits per heavy atom. The van der Waals surface area contributed by atoms with Gasteiger partial charge in [-0.25, -0.2) is 8.78 Å². The second-order valence-electron chi connectivity index (χ2n) is 5.65. The molecule has 2 amide bonds. The molecular formula is C18H14ClF2N3O2S. The summed E-state index contributed by atoms with van der Waals surface area (Å²) in [5.74, 6) is -2.37. The van der Waals surface area contributed by atoms with Gasteiger partial charge in [0.2, 0.25) is 5.91 Å². The summed E-state index contributed by atoms with van der Waals surface area (Å²) >= 11 is 7.21. The molecule has 2 aromatic carbocycles. The number of nitrogens with zero attached hydrogens (tertiary/aromatic N) is 2. The second-order valence-corrected chi connectivity index (χ2v) is 7.37. The Morgan fingerprint density at radius 1 is 1.30 bits per heavy atom. The first kappa shape index (κ1) is 19.3. The highest BCUT2D eigenvalue weighted by atomic mass is 35.5. The molecule has 140 valence electrons. The van der Waals surface area contributed by atoms with E-state index in [-0.39, 0.29) is 18.1 Å². The van der Waals surface area contributed by atoms with Crippen molar-refractivity contribution < 1.29 is 18.4 Å². The maximum atomic E-state index is 13.7. The summed E-state index contributed by atoms with van der Waals surface area (Å²) < 4.78 is 26.7. The van der Waals surface area contributed by atoms with Gasteiger partial charge in [0.1, 0.15) is 18.2 Å². The summed E-state index contributed by atoms with van der Waals surface area (Å²) in [7, 11) is 0. The van der Waals surface area contributed by atoms with Crippen LogP contribution in [0.4, 0.5) is 20.2 Å². The molecule has 0 unspecified atom stereocenters. The molecule has 1 heterocycles. The van der Waals surface area contributed by atoms with E-state index >= 15 is 0 Å². The van der Waals surface area contributed by atoms with Crippen LogP contribution in [-0.4, -0.2) is 28.8 Å². The predicted molar refractivity (Wildman–Crippen MR) is 103 cm³/mol. The normalized spacial score (nSPS) is 14.9. The number of carbonyl (C=O) groups excluding carboxylic acids is 2. The van der Waals surface area contributed by atoms with Gasteiger partial charge in [0, 0.05) is 6.07 Å². The van der Waals surface area contributed by atoms with Gasteiger partial charge in [0.05, 0.1) is 21.6 Å². The van der Waals surface area contributed by atoms with E-state index in [0.717, 1.165) is 23.9 Å². The van der Waals surface area contributed by atoms with Crippen molar-refractivity contribution in [3.05, 3.63) is 59.1 Å². The smallest absolute Gasteiger partial charge is 0.254 e. The van der Waals surface area contributed by atoms with E-state index in [2.05, 4.69) is 10.3 Å². The third-order valence-electron chi connectivity index (χ3n) is 3.72. The Bertz CT molecular complexity index is 939. The number of halogens is 3. The molecule has 5 nitrogen and oxygen atoms in total. The zero-order chi connectivity index (χ0) is 19.6. The zero-order valence-electron chi connectivity index (χ0n) is 14.1. The van der Waals surface area contributed by atoms with E-state index in [1.807, 2.05) is 0 Å². The topological polar surface area (TPSA) is 61.8 Å². The average molecular weight is 410 g/mol. The summed E-state index contributed by atoms with van der Waals surface area (Å²) in [6.07, 6.45) is 0. The van der Waals surface area contributed by atoms with Crippen LogP contribution in [0.5, 0.6) is 0 Å². The molecular weight excluding hydrogens is 396 g/mol. The van der Waals surface area contributed by atoms with Crippen LogP contribution in [0.25, 0.3) is 0 Å². The number of para-hydroxylation sites is 1. The Labute approximate surface area is 163 Å². The highest BCUT2D eigenvalue weighted by Crippen LogP contribution is 2.31. The van der Waals surface area contributed by atoms with Crippen LogP contribution >= 0.6 is 23.4 Å². The lowest BCUT2D eigenvalue weighted by Gasteiger charge is -2.21. The van der Waals surface area contributed by atoms with Crippen molar-refractivity contribution in [3.63, 3.8) is 0 Å². The standard InChI is InChI=1S/C18H14ClF2N3O2S/c1-10(17(26)23-14-7-6-11(20)8-13(14)21)27-18-22-9-16(25)24(18)15-5-3-2-4-12(15)19/h2-8,10H,9H2,1H3,(H,23,26)/t10-/m1/s1. The summed E-state index contributed by atoms with van der Waals surface area (Å²) in [5.41, 5.74) is 0.353. The number of anilines is 2. The largest absolute Gasteiger partial charge is 0.323 e. The summed E-state index contributed by atoms with van der Waals surface area (Å²) in [6.45, 7) is 1.55. The minimum Gasteiger partial charge on any atom is -0.323 e. The van der Waals surface area contributed by atoms with Crippen LogP contribution in [0.1, 0.15) is 6.92 Å². The maximum Gasteiger partial charge on any atom is 0.254 e.